The number of fused-ring (bicyclic) bond motifs is 6. The number of imide groups is 1. The molecule has 7 heterocycles. The van der Waals surface area contributed by atoms with Crippen LogP contribution in [0.25, 0.3) is 0 Å². The molecule has 2 spiro atoms. The molecule has 6 aliphatic heterocycles. The fourth-order valence-electron chi connectivity index (χ4n) is 14.4. The molecule has 0 radical (unpaired) electrons. The van der Waals surface area contributed by atoms with Crippen molar-refractivity contribution in [2.75, 3.05) is 42.9 Å². The number of nitrogens with zero attached hydrogens (tertiary/aromatic N) is 4. The fraction of sp³-hybridized carbons (Fsp3) is 0.593. The summed E-state index contributed by atoms with van der Waals surface area (Å²) < 4.78 is 58.3. The number of aromatic nitrogens is 1. The van der Waals surface area contributed by atoms with E-state index >= 15 is 9.18 Å². The first-order chi connectivity index (χ1) is 34.1. The number of pyridine rings is 1. The molecule has 9 aliphatic rings. The summed E-state index contributed by atoms with van der Waals surface area (Å²) in [5.41, 5.74) is 0.213. The number of carbonyl (C=O) groups is 5. The summed E-state index contributed by atoms with van der Waals surface area (Å²) in [5.74, 6) is -2.53. The Kier molecular flexibility index (Phi) is 11.8. The number of alkyl halides is 3. The highest BCUT2D eigenvalue weighted by Gasteiger charge is 2.63. The smallest absolute Gasteiger partial charge is 0.384 e. The van der Waals surface area contributed by atoms with E-state index in [0.717, 1.165) is 56.1 Å². The van der Waals surface area contributed by atoms with Gasteiger partial charge in [-0.05, 0) is 129 Å². The van der Waals surface area contributed by atoms with Gasteiger partial charge in [0.1, 0.15) is 17.6 Å². The molecule has 3 aromatic rings. The Morgan fingerprint density at radius 2 is 1.60 bits per heavy atom. The van der Waals surface area contributed by atoms with E-state index in [9.17, 15) is 32.3 Å². The third-order valence-corrected chi connectivity index (χ3v) is 18.8. The van der Waals surface area contributed by atoms with Crippen molar-refractivity contribution in [3.63, 3.8) is 0 Å². The van der Waals surface area contributed by atoms with E-state index < -0.39 is 64.0 Å². The van der Waals surface area contributed by atoms with Crippen LogP contribution in [0.2, 0.25) is 5.02 Å². The standard InChI is InChI=1S/C54H63ClF4N8O5/c1-49(2,3)27-40-53(30-61-37-26-39(54(57,58)59)60-28-35(37)53)42(34-5-4-6-36(55)43(34)56)44(62-40)46(70)64-52-14-11-51(12-15-52,13-16-52)48(72)66-23-19-50(20-24-66)17-21-65(22-18-50)32-7-8-33-31(25-32)29-67(47(33)71)38-9-10-41(68)63-45(38)69/h4-8,25-26,28,38,40,42,44,61-62H,9-24,27,29-30H2,1-3H3,(H,64,70)(H,63,68,69)/t38?,40-,42-,44+,51?,52?,53-/m0/s1. The summed E-state index contributed by atoms with van der Waals surface area (Å²) in [6, 6.07) is 9.57. The zero-order valence-corrected chi connectivity index (χ0v) is 41.8. The van der Waals surface area contributed by atoms with Gasteiger partial charge < -0.3 is 30.7 Å². The van der Waals surface area contributed by atoms with Crippen LogP contribution in [-0.4, -0.2) is 101 Å². The second kappa shape index (κ2) is 17.4. The van der Waals surface area contributed by atoms with Gasteiger partial charge >= 0.3 is 6.18 Å². The van der Waals surface area contributed by atoms with Gasteiger partial charge in [-0.15, -0.1) is 0 Å². The third kappa shape index (κ3) is 8.22. The summed E-state index contributed by atoms with van der Waals surface area (Å²) in [5, 5.41) is 12.5. The van der Waals surface area contributed by atoms with Crippen LogP contribution < -0.4 is 26.2 Å². The van der Waals surface area contributed by atoms with Gasteiger partial charge in [0.15, 0.2) is 0 Å². The summed E-state index contributed by atoms with van der Waals surface area (Å²) >= 11 is 6.43. The van der Waals surface area contributed by atoms with Crippen LogP contribution in [0.4, 0.5) is 28.9 Å². The first-order valence-electron chi connectivity index (χ1n) is 25.8. The maximum Gasteiger partial charge on any atom is 0.433 e. The topological polar surface area (TPSA) is 156 Å². The molecular formula is C54H63ClF4N8O5. The molecule has 3 saturated carbocycles. The number of carbonyl (C=O) groups excluding carboxylic acids is 5. The van der Waals surface area contributed by atoms with Crippen LogP contribution in [0, 0.1) is 22.1 Å². The van der Waals surface area contributed by atoms with Gasteiger partial charge in [0.05, 0.1) is 11.1 Å². The quantitative estimate of drug-likeness (QED) is 0.136. The Hall–Kier alpha value is -5.29. The SMILES string of the molecule is CC(C)(C)C[C@@H]1N[C@@H](C(=O)NC23CCC(C(=O)N4CCC5(CC4)CCN(c4ccc6c(c4)CN(C4CCC(=O)NC4=O)C6=O)CC5)(CC2)CC3)[C@H](c2cccc(Cl)c2F)[C@]12CNc1cc(C(F)(F)F)ncc12. The Balaban J connectivity index is 0.739. The largest absolute Gasteiger partial charge is 0.433 e. The Morgan fingerprint density at radius 3 is 2.26 bits per heavy atom. The van der Waals surface area contributed by atoms with Gasteiger partial charge in [0, 0.05) is 103 Å². The molecular weight excluding hydrogens is 952 g/mol. The number of halogens is 5. The highest BCUT2D eigenvalue weighted by Crippen LogP contribution is 2.58. The molecule has 13 nitrogen and oxygen atoms in total. The van der Waals surface area contributed by atoms with Crippen LogP contribution in [0.15, 0.2) is 48.7 Å². The van der Waals surface area contributed by atoms with Crippen LogP contribution in [0.5, 0.6) is 0 Å². The zero-order valence-electron chi connectivity index (χ0n) is 41.1. The van der Waals surface area contributed by atoms with Crippen molar-refractivity contribution in [3.05, 3.63) is 87.4 Å². The van der Waals surface area contributed by atoms with Crippen molar-refractivity contribution >= 4 is 52.5 Å². The lowest BCUT2D eigenvalue weighted by Crippen LogP contribution is -2.63. The van der Waals surface area contributed by atoms with E-state index in [2.05, 4.69) is 62.9 Å². The van der Waals surface area contributed by atoms with Crippen molar-refractivity contribution in [1.82, 2.24) is 30.7 Å². The number of piperidine rings is 3. The normalized spacial score (nSPS) is 30.9. The number of anilines is 2. The predicted octanol–water partition coefficient (Wildman–Crippen LogP) is 8.00. The molecule has 384 valence electrons. The zero-order chi connectivity index (χ0) is 50.8. The molecule has 7 fully saturated rings. The molecule has 3 aliphatic carbocycles. The van der Waals surface area contributed by atoms with Crippen molar-refractivity contribution < 1.29 is 41.5 Å². The second-order valence-electron chi connectivity index (χ2n) is 23.7. The fourth-order valence-corrected chi connectivity index (χ4v) is 14.6. The summed E-state index contributed by atoms with van der Waals surface area (Å²) in [6.45, 7) is 9.82. The molecule has 2 bridgehead atoms. The van der Waals surface area contributed by atoms with Gasteiger partial charge in [0.2, 0.25) is 23.6 Å². The molecule has 5 atom stereocenters. The Bertz CT molecular complexity index is 2720. The monoisotopic (exact) mass is 1010 g/mol. The van der Waals surface area contributed by atoms with Crippen molar-refractivity contribution in [1.29, 1.82) is 0 Å². The van der Waals surface area contributed by atoms with Crippen LogP contribution in [0.3, 0.4) is 0 Å². The molecule has 1 aromatic heterocycles. The van der Waals surface area contributed by atoms with Crippen LogP contribution in [0.1, 0.15) is 143 Å². The summed E-state index contributed by atoms with van der Waals surface area (Å²) in [7, 11) is 0. The van der Waals surface area contributed by atoms with E-state index in [4.69, 9.17) is 11.6 Å². The lowest BCUT2D eigenvalue weighted by molar-refractivity contribution is -0.153. The Labute approximate surface area is 421 Å². The number of rotatable bonds is 7. The van der Waals surface area contributed by atoms with Crippen LogP contribution >= 0.6 is 11.6 Å². The lowest BCUT2D eigenvalue weighted by atomic mass is 9.56. The number of hydrogen-bond acceptors (Lipinski definition) is 9. The molecule has 18 heteroatoms. The van der Waals surface area contributed by atoms with Crippen LogP contribution in [-0.2, 0) is 37.3 Å². The number of benzene rings is 2. The summed E-state index contributed by atoms with van der Waals surface area (Å²) in [6.07, 6.45) is 5.31. The molecule has 4 saturated heterocycles. The molecule has 4 N–H and O–H groups in total. The predicted molar refractivity (Wildman–Crippen MR) is 262 cm³/mol. The molecule has 1 unspecified atom stereocenters. The minimum Gasteiger partial charge on any atom is -0.384 e. The average molecular weight is 1020 g/mol. The van der Waals surface area contributed by atoms with E-state index in [1.807, 2.05) is 12.1 Å². The lowest BCUT2D eigenvalue weighted by Gasteiger charge is -2.55. The van der Waals surface area contributed by atoms with Crippen molar-refractivity contribution in [2.24, 2.45) is 16.2 Å². The molecule has 2 aromatic carbocycles. The minimum atomic E-state index is -4.67. The highest BCUT2D eigenvalue weighted by molar-refractivity contribution is 6.30. The molecule has 12 rings (SSSR count). The highest BCUT2D eigenvalue weighted by atomic mass is 35.5. The maximum absolute atomic E-state index is 16.4. The van der Waals surface area contributed by atoms with Crippen molar-refractivity contribution in [2.45, 2.75) is 152 Å². The van der Waals surface area contributed by atoms with Gasteiger partial charge in [-0.25, -0.2) is 4.39 Å². The number of hydrogen-bond donors (Lipinski definition) is 4. The van der Waals surface area contributed by atoms with Gasteiger partial charge in [-0.3, -0.25) is 34.3 Å². The molecule has 5 amide bonds. The Morgan fingerprint density at radius 1 is 0.903 bits per heavy atom. The maximum atomic E-state index is 16.4. The second-order valence-corrected chi connectivity index (χ2v) is 24.1. The van der Waals surface area contributed by atoms with Gasteiger partial charge in [0.25, 0.3) is 5.91 Å². The van der Waals surface area contributed by atoms with E-state index in [0.29, 0.717) is 82.1 Å². The van der Waals surface area contributed by atoms with Gasteiger partial charge in [-0.2, -0.15) is 13.2 Å². The number of amides is 5. The van der Waals surface area contributed by atoms with E-state index in [1.54, 1.807) is 17.0 Å². The molecule has 72 heavy (non-hydrogen) atoms. The number of nitrogens with one attached hydrogen (secondary N) is 4. The first-order valence-corrected chi connectivity index (χ1v) is 26.2. The average Bonchev–Trinajstić information content (AvgIpc) is 4.00. The summed E-state index contributed by atoms with van der Waals surface area (Å²) in [4.78, 5) is 77.2. The first kappa shape index (κ1) is 48.9. The minimum absolute atomic E-state index is 0.110. The van der Waals surface area contributed by atoms with E-state index in [-0.39, 0.29) is 63.7 Å². The van der Waals surface area contributed by atoms with Gasteiger partial charge in [-0.1, -0.05) is 44.5 Å². The van der Waals surface area contributed by atoms with Crippen molar-refractivity contribution in [3.8, 4) is 0 Å². The van der Waals surface area contributed by atoms with E-state index in [1.165, 1.54) is 12.3 Å². The number of likely N-dealkylation sites (tertiary alicyclic amines) is 1. The third-order valence-electron chi connectivity index (χ3n) is 18.5.